The molecule has 43 heavy (non-hydrogen) atoms. The van der Waals surface area contributed by atoms with Crippen molar-refractivity contribution in [2.75, 3.05) is 19.8 Å². The SMILES string of the molecule is CC(C)=C(C(=O)OCc1ccccc1)N1C(=O)C(NC(=O)COc2ccccc2)C1SC(=O)COC(=O)OCC(Cl)(Cl)Cl. The molecule has 1 aliphatic rings. The quantitative estimate of drug-likeness (QED) is 0.148. The first-order valence-electron chi connectivity index (χ1n) is 12.6. The third kappa shape index (κ3) is 10.6. The number of ether oxygens (including phenoxy) is 4. The standard InChI is InChI=1S/C28H27Cl3N2O9S/c1-17(2)23(26(37)40-13-18-9-5-3-6-10-18)33-24(36)22(32-20(34)14-39-19-11-7-4-8-12-19)25(33)43-21(35)15-41-27(38)42-16-28(29,30)31/h3-12,22,25H,13-16H2,1-2H3,(H,32,34). The zero-order valence-corrected chi connectivity index (χ0v) is 26.0. The monoisotopic (exact) mass is 672 g/mol. The van der Waals surface area contributed by atoms with E-state index < -0.39 is 64.1 Å². The van der Waals surface area contributed by atoms with Crippen LogP contribution < -0.4 is 10.1 Å². The lowest BCUT2D eigenvalue weighted by atomic mass is 10.0. The minimum absolute atomic E-state index is 0.0592. The fraction of sp³-hybridized carbons (Fsp3) is 0.321. The van der Waals surface area contributed by atoms with E-state index in [0.717, 1.165) is 10.5 Å². The Bertz CT molecular complexity index is 1350. The van der Waals surface area contributed by atoms with Gasteiger partial charge in [0, 0.05) is 0 Å². The maximum atomic E-state index is 13.3. The number of para-hydroxylation sites is 1. The van der Waals surface area contributed by atoms with E-state index in [1.165, 1.54) is 0 Å². The van der Waals surface area contributed by atoms with Gasteiger partial charge in [-0.2, -0.15) is 0 Å². The number of rotatable bonds is 12. The van der Waals surface area contributed by atoms with Gasteiger partial charge >= 0.3 is 12.1 Å². The third-order valence-electron chi connectivity index (χ3n) is 5.51. The number of amides is 2. The van der Waals surface area contributed by atoms with Gasteiger partial charge in [-0.05, 0) is 37.1 Å². The Morgan fingerprint density at radius 1 is 0.907 bits per heavy atom. The molecule has 0 spiro atoms. The number of alkyl halides is 3. The Kier molecular flexibility index (Phi) is 12.6. The van der Waals surface area contributed by atoms with E-state index in [9.17, 15) is 24.0 Å². The van der Waals surface area contributed by atoms with Crippen molar-refractivity contribution in [3.05, 3.63) is 77.5 Å². The summed E-state index contributed by atoms with van der Waals surface area (Å²) in [7, 11) is 0. The van der Waals surface area contributed by atoms with Gasteiger partial charge < -0.3 is 24.3 Å². The maximum Gasteiger partial charge on any atom is 0.508 e. The van der Waals surface area contributed by atoms with Crippen molar-refractivity contribution in [2.24, 2.45) is 0 Å². The zero-order valence-electron chi connectivity index (χ0n) is 22.9. The van der Waals surface area contributed by atoms with Gasteiger partial charge in [0.15, 0.2) is 13.2 Å². The number of β-lactam (4-membered cyclic amide) rings is 1. The van der Waals surface area contributed by atoms with Crippen molar-refractivity contribution in [3.8, 4) is 5.75 Å². The van der Waals surface area contributed by atoms with E-state index in [1.807, 2.05) is 6.07 Å². The average Bonchev–Trinajstić information content (AvgIpc) is 2.98. The number of allylic oxidation sites excluding steroid dienone is 1. The van der Waals surface area contributed by atoms with Crippen molar-refractivity contribution in [1.82, 2.24) is 10.2 Å². The van der Waals surface area contributed by atoms with Gasteiger partial charge in [-0.3, -0.25) is 19.3 Å². The number of hydrogen-bond acceptors (Lipinski definition) is 10. The van der Waals surface area contributed by atoms with Crippen LogP contribution in [0, 0.1) is 0 Å². The first kappa shape index (κ1) is 34.0. The summed E-state index contributed by atoms with van der Waals surface area (Å²) < 4.78 is 18.4. The van der Waals surface area contributed by atoms with Crippen LogP contribution >= 0.6 is 46.6 Å². The van der Waals surface area contributed by atoms with Crippen LogP contribution in [0.15, 0.2) is 71.9 Å². The number of thioether (sulfide) groups is 1. The summed E-state index contributed by atoms with van der Waals surface area (Å²) in [4.78, 5) is 64.7. The van der Waals surface area contributed by atoms with Gasteiger partial charge in [0.05, 0.1) is 0 Å². The molecule has 1 N–H and O–H groups in total. The molecule has 1 aliphatic heterocycles. The number of carbonyl (C=O) groups excluding carboxylic acids is 5. The second kappa shape index (κ2) is 15.9. The molecule has 0 aromatic heterocycles. The van der Waals surface area contributed by atoms with E-state index in [1.54, 1.807) is 68.4 Å². The van der Waals surface area contributed by atoms with Crippen molar-refractivity contribution in [1.29, 1.82) is 0 Å². The zero-order chi connectivity index (χ0) is 31.6. The van der Waals surface area contributed by atoms with Crippen LogP contribution in [0.3, 0.4) is 0 Å². The molecule has 2 aromatic carbocycles. The fourth-order valence-corrected chi connectivity index (χ4v) is 4.84. The maximum absolute atomic E-state index is 13.3. The lowest BCUT2D eigenvalue weighted by Gasteiger charge is -2.46. The highest BCUT2D eigenvalue weighted by Gasteiger charge is 2.53. The van der Waals surface area contributed by atoms with Gasteiger partial charge in [0.25, 0.3) is 11.8 Å². The number of carbonyl (C=O) groups is 5. The van der Waals surface area contributed by atoms with Crippen LogP contribution in [0.1, 0.15) is 19.4 Å². The summed E-state index contributed by atoms with van der Waals surface area (Å²) in [6.07, 6.45) is -1.26. The second-order valence-corrected chi connectivity index (χ2v) is 12.8. The molecule has 11 nitrogen and oxygen atoms in total. The summed E-state index contributed by atoms with van der Waals surface area (Å²) in [6.45, 7) is 1.33. The van der Waals surface area contributed by atoms with Gasteiger partial charge in [-0.25, -0.2) is 9.59 Å². The smallest absolute Gasteiger partial charge is 0.484 e. The van der Waals surface area contributed by atoms with Crippen LogP contribution in [0.2, 0.25) is 0 Å². The number of likely N-dealkylation sites (tertiary alicyclic amines) is 1. The van der Waals surface area contributed by atoms with Gasteiger partial charge in [-0.1, -0.05) is 95.1 Å². The van der Waals surface area contributed by atoms with E-state index in [2.05, 4.69) is 10.1 Å². The van der Waals surface area contributed by atoms with Crippen LogP contribution in [-0.2, 0) is 40.0 Å². The highest BCUT2D eigenvalue weighted by atomic mass is 35.6. The second-order valence-electron chi connectivity index (χ2n) is 9.09. The topological polar surface area (TPSA) is 138 Å². The van der Waals surface area contributed by atoms with E-state index in [0.29, 0.717) is 23.1 Å². The van der Waals surface area contributed by atoms with Crippen molar-refractivity contribution < 1.29 is 42.9 Å². The summed E-state index contributed by atoms with van der Waals surface area (Å²) in [5.41, 5.74) is 1.05. The molecule has 1 saturated heterocycles. The Labute approximate surface area is 266 Å². The summed E-state index contributed by atoms with van der Waals surface area (Å²) in [5, 5.41) is 0.724. The molecule has 0 bridgehead atoms. The third-order valence-corrected chi connectivity index (χ3v) is 6.94. The minimum atomic E-state index is -1.88. The molecule has 0 radical (unpaired) electrons. The van der Waals surface area contributed by atoms with Crippen molar-refractivity contribution in [3.63, 3.8) is 0 Å². The molecule has 0 aliphatic carbocycles. The molecule has 2 amide bonds. The first-order chi connectivity index (χ1) is 20.4. The number of benzene rings is 2. The first-order valence-corrected chi connectivity index (χ1v) is 14.6. The highest BCUT2D eigenvalue weighted by Crippen LogP contribution is 2.36. The van der Waals surface area contributed by atoms with Crippen LogP contribution in [0.5, 0.6) is 5.75 Å². The predicted molar refractivity (Wildman–Crippen MR) is 159 cm³/mol. The van der Waals surface area contributed by atoms with Gasteiger partial charge in [0.1, 0.15) is 36.1 Å². The number of hydrogen-bond donors (Lipinski definition) is 1. The number of nitrogens with zero attached hydrogens (tertiary/aromatic N) is 1. The van der Waals surface area contributed by atoms with Gasteiger partial charge in [-0.15, -0.1) is 0 Å². The van der Waals surface area contributed by atoms with Crippen molar-refractivity contribution in [2.45, 2.75) is 35.7 Å². The molecule has 2 aromatic rings. The molecular weight excluding hydrogens is 647 g/mol. The number of halogens is 3. The Balaban J connectivity index is 1.71. The summed E-state index contributed by atoms with van der Waals surface area (Å²) in [6, 6.07) is 16.2. The molecule has 2 unspecified atom stereocenters. The molecular formula is C28H27Cl3N2O9S. The van der Waals surface area contributed by atoms with Gasteiger partial charge in [0.2, 0.25) is 8.91 Å². The lowest BCUT2D eigenvalue weighted by Crippen LogP contribution is -2.70. The normalized spacial score (nSPS) is 15.9. The van der Waals surface area contributed by atoms with E-state index in [-0.39, 0.29) is 12.3 Å². The molecule has 15 heteroatoms. The largest absolute Gasteiger partial charge is 0.508 e. The molecule has 2 atom stereocenters. The van der Waals surface area contributed by atoms with E-state index >= 15 is 0 Å². The molecule has 1 fully saturated rings. The molecule has 1 heterocycles. The van der Waals surface area contributed by atoms with Crippen LogP contribution in [0.25, 0.3) is 0 Å². The Morgan fingerprint density at radius 3 is 2.14 bits per heavy atom. The minimum Gasteiger partial charge on any atom is -0.484 e. The van der Waals surface area contributed by atoms with E-state index in [4.69, 9.17) is 49.0 Å². The van der Waals surface area contributed by atoms with Crippen LogP contribution in [0.4, 0.5) is 4.79 Å². The highest BCUT2D eigenvalue weighted by molar-refractivity contribution is 8.14. The van der Waals surface area contributed by atoms with Crippen molar-refractivity contribution >= 4 is 75.6 Å². The summed E-state index contributed by atoms with van der Waals surface area (Å²) in [5.74, 6) is -1.67. The number of esters is 1. The molecule has 3 rings (SSSR count). The predicted octanol–water partition coefficient (Wildman–Crippen LogP) is 4.54. The fourth-order valence-electron chi connectivity index (χ4n) is 3.64. The lowest BCUT2D eigenvalue weighted by molar-refractivity contribution is -0.153. The van der Waals surface area contributed by atoms with Crippen LogP contribution in [-0.4, -0.2) is 69.0 Å². The molecule has 230 valence electrons. The average molecular weight is 674 g/mol. The Morgan fingerprint density at radius 2 is 1.53 bits per heavy atom. The molecule has 0 saturated carbocycles. The summed E-state index contributed by atoms with van der Waals surface area (Å²) >= 11 is 17.1. The number of nitrogens with one attached hydrogen (secondary N) is 1. The Hall–Kier alpha value is -3.45.